The summed E-state index contributed by atoms with van der Waals surface area (Å²) in [6.07, 6.45) is 0. The standard InChI is InChI=1S/C26H25N5O4S/c1-17(19-11-14-22(32)23(15-19)35-3)27-28-24(33)16-36-26-30-29-25(18-9-12-21(34-2)13-10-18)31(26)20-7-5-4-6-8-20/h4-15,32H,16H2,1-3H3,(H,28,33)/b27-17-. The number of ether oxygens (including phenoxy) is 2. The first-order valence-electron chi connectivity index (χ1n) is 11.0. The van der Waals surface area contributed by atoms with Crippen molar-refractivity contribution in [3.05, 3.63) is 78.4 Å². The van der Waals surface area contributed by atoms with E-state index in [2.05, 4.69) is 20.7 Å². The smallest absolute Gasteiger partial charge is 0.250 e. The van der Waals surface area contributed by atoms with Crippen LogP contribution in [0.25, 0.3) is 17.1 Å². The fourth-order valence-corrected chi connectivity index (χ4v) is 4.12. The number of phenolic OH excluding ortho intramolecular Hbond substituents is 1. The number of carbonyl (C=O) groups excluding carboxylic acids is 1. The topological polar surface area (TPSA) is 111 Å². The van der Waals surface area contributed by atoms with Gasteiger partial charge in [0.2, 0.25) is 0 Å². The highest BCUT2D eigenvalue weighted by Crippen LogP contribution is 2.29. The summed E-state index contributed by atoms with van der Waals surface area (Å²) < 4.78 is 12.3. The number of methoxy groups -OCH3 is 2. The van der Waals surface area contributed by atoms with E-state index in [1.807, 2.05) is 59.2 Å². The van der Waals surface area contributed by atoms with E-state index in [0.29, 0.717) is 28.0 Å². The van der Waals surface area contributed by atoms with E-state index >= 15 is 0 Å². The summed E-state index contributed by atoms with van der Waals surface area (Å²) in [6, 6.07) is 22.1. The number of benzene rings is 3. The van der Waals surface area contributed by atoms with Gasteiger partial charge in [-0.15, -0.1) is 10.2 Å². The third-order valence-electron chi connectivity index (χ3n) is 5.27. The third-order valence-corrected chi connectivity index (χ3v) is 6.20. The lowest BCUT2D eigenvalue weighted by atomic mass is 10.1. The Labute approximate surface area is 212 Å². The zero-order chi connectivity index (χ0) is 25.5. The summed E-state index contributed by atoms with van der Waals surface area (Å²) in [5.74, 6) is 1.56. The largest absolute Gasteiger partial charge is 0.504 e. The molecule has 2 N–H and O–H groups in total. The zero-order valence-corrected chi connectivity index (χ0v) is 20.8. The van der Waals surface area contributed by atoms with Crippen LogP contribution >= 0.6 is 11.8 Å². The molecule has 1 heterocycles. The number of nitrogens with one attached hydrogen (secondary N) is 1. The molecule has 36 heavy (non-hydrogen) atoms. The monoisotopic (exact) mass is 503 g/mol. The summed E-state index contributed by atoms with van der Waals surface area (Å²) in [7, 11) is 3.09. The van der Waals surface area contributed by atoms with Crippen molar-refractivity contribution in [3.63, 3.8) is 0 Å². The van der Waals surface area contributed by atoms with Crippen molar-refractivity contribution in [2.24, 2.45) is 5.10 Å². The Morgan fingerprint density at radius 3 is 2.47 bits per heavy atom. The zero-order valence-electron chi connectivity index (χ0n) is 20.0. The summed E-state index contributed by atoms with van der Waals surface area (Å²) in [6.45, 7) is 1.76. The van der Waals surface area contributed by atoms with Crippen molar-refractivity contribution in [3.8, 4) is 34.3 Å². The summed E-state index contributed by atoms with van der Waals surface area (Å²) in [4.78, 5) is 12.5. The molecule has 0 fully saturated rings. The van der Waals surface area contributed by atoms with Crippen molar-refractivity contribution in [1.82, 2.24) is 20.2 Å². The van der Waals surface area contributed by atoms with Gasteiger partial charge in [0.1, 0.15) is 5.75 Å². The molecular weight excluding hydrogens is 478 g/mol. The van der Waals surface area contributed by atoms with Crippen LogP contribution in [-0.2, 0) is 4.79 Å². The predicted molar refractivity (Wildman–Crippen MR) is 139 cm³/mol. The molecule has 1 amide bonds. The number of amides is 1. The molecule has 9 nitrogen and oxygen atoms in total. The van der Waals surface area contributed by atoms with E-state index in [4.69, 9.17) is 9.47 Å². The van der Waals surface area contributed by atoms with Crippen LogP contribution in [0.4, 0.5) is 0 Å². The van der Waals surface area contributed by atoms with Crippen LogP contribution in [0, 0.1) is 0 Å². The van der Waals surface area contributed by atoms with Gasteiger partial charge < -0.3 is 14.6 Å². The lowest BCUT2D eigenvalue weighted by Gasteiger charge is -2.10. The third kappa shape index (κ3) is 5.66. The van der Waals surface area contributed by atoms with E-state index in [9.17, 15) is 9.90 Å². The molecule has 4 aromatic rings. The second kappa shape index (κ2) is 11.4. The minimum absolute atomic E-state index is 0.0334. The number of hydrazone groups is 1. The molecule has 0 unspecified atom stereocenters. The first-order chi connectivity index (χ1) is 17.5. The maximum atomic E-state index is 12.5. The van der Waals surface area contributed by atoms with Crippen LogP contribution < -0.4 is 14.9 Å². The van der Waals surface area contributed by atoms with Crippen LogP contribution in [0.5, 0.6) is 17.2 Å². The SMILES string of the molecule is COc1ccc(-c2nnc(SCC(=O)N/N=C(/C)c3ccc(O)c(OC)c3)n2-c2ccccc2)cc1. The second-order valence-electron chi connectivity index (χ2n) is 7.61. The number of hydrogen-bond donors (Lipinski definition) is 2. The Balaban J connectivity index is 1.50. The second-order valence-corrected chi connectivity index (χ2v) is 8.56. The molecule has 0 saturated heterocycles. The summed E-state index contributed by atoms with van der Waals surface area (Å²) in [5.41, 5.74) is 5.60. The highest BCUT2D eigenvalue weighted by molar-refractivity contribution is 7.99. The minimum Gasteiger partial charge on any atom is -0.504 e. The Bertz CT molecular complexity index is 1370. The van der Waals surface area contributed by atoms with Gasteiger partial charge in [-0.1, -0.05) is 30.0 Å². The molecule has 0 aliphatic carbocycles. The molecule has 10 heteroatoms. The molecule has 3 aromatic carbocycles. The molecule has 0 aliphatic rings. The summed E-state index contributed by atoms with van der Waals surface area (Å²) in [5, 5.41) is 23.2. The van der Waals surface area contributed by atoms with Crippen LogP contribution in [0.1, 0.15) is 12.5 Å². The van der Waals surface area contributed by atoms with E-state index in [1.165, 1.54) is 24.9 Å². The molecule has 0 aliphatic heterocycles. The lowest BCUT2D eigenvalue weighted by Crippen LogP contribution is -2.21. The fraction of sp³-hybridized carbons (Fsp3) is 0.154. The van der Waals surface area contributed by atoms with E-state index in [1.54, 1.807) is 26.2 Å². The van der Waals surface area contributed by atoms with E-state index in [-0.39, 0.29) is 17.4 Å². The van der Waals surface area contributed by atoms with Crippen molar-refractivity contribution in [2.45, 2.75) is 12.1 Å². The summed E-state index contributed by atoms with van der Waals surface area (Å²) >= 11 is 1.26. The maximum absolute atomic E-state index is 12.5. The van der Waals surface area contributed by atoms with Crippen molar-refractivity contribution < 1.29 is 19.4 Å². The van der Waals surface area contributed by atoms with Gasteiger partial charge in [-0.2, -0.15) is 5.10 Å². The predicted octanol–water partition coefficient (Wildman–Crippen LogP) is 4.29. The molecule has 4 rings (SSSR count). The van der Waals surface area contributed by atoms with Gasteiger partial charge in [-0.3, -0.25) is 9.36 Å². The quantitative estimate of drug-likeness (QED) is 0.199. The number of phenols is 1. The van der Waals surface area contributed by atoms with Gasteiger partial charge in [0.05, 0.1) is 25.7 Å². The van der Waals surface area contributed by atoms with E-state index < -0.39 is 0 Å². The molecule has 0 bridgehead atoms. The lowest BCUT2D eigenvalue weighted by molar-refractivity contribution is -0.118. The molecule has 0 spiro atoms. The van der Waals surface area contributed by atoms with Crippen molar-refractivity contribution in [1.29, 1.82) is 0 Å². The first kappa shape index (κ1) is 24.8. The highest BCUT2D eigenvalue weighted by atomic mass is 32.2. The normalized spacial score (nSPS) is 11.2. The Kier molecular flexibility index (Phi) is 7.86. The average Bonchev–Trinajstić information content (AvgIpc) is 3.35. The maximum Gasteiger partial charge on any atom is 0.250 e. The molecule has 184 valence electrons. The number of para-hydroxylation sites is 1. The molecule has 1 aromatic heterocycles. The van der Waals surface area contributed by atoms with Gasteiger partial charge in [-0.25, -0.2) is 5.43 Å². The van der Waals surface area contributed by atoms with Crippen molar-refractivity contribution >= 4 is 23.4 Å². The Morgan fingerprint density at radius 2 is 1.78 bits per heavy atom. The van der Waals surface area contributed by atoms with Crippen LogP contribution in [0.2, 0.25) is 0 Å². The number of aromatic hydroxyl groups is 1. The van der Waals surface area contributed by atoms with Gasteiger partial charge in [-0.05, 0) is 61.5 Å². The molecule has 0 saturated carbocycles. The van der Waals surface area contributed by atoms with Gasteiger partial charge in [0, 0.05) is 16.8 Å². The number of rotatable bonds is 9. The van der Waals surface area contributed by atoms with Crippen LogP contribution in [-0.4, -0.2) is 51.5 Å². The number of hydrogen-bond acceptors (Lipinski definition) is 8. The number of nitrogens with zero attached hydrogens (tertiary/aromatic N) is 4. The highest BCUT2D eigenvalue weighted by Gasteiger charge is 2.17. The number of aromatic nitrogens is 3. The fourth-order valence-electron chi connectivity index (χ4n) is 3.38. The number of carbonyl (C=O) groups is 1. The van der Waals surface area contributed by atoms with Gasteiger partial charge in [0.15, 0.2) is 22.5 Å². The Morgan fingerprint density at radius 1 is 1.03 bits per heavy atom. The van der Waals surface area contributed by atoms with Gasteiger partial charge in [0.25, 0.3) is 5.91 Å². The average molecular weight is 504 g/mol. The molecule has 0 radical (unpaired) electrons. The molecule has 0 atom stereocenters. The molecular formula is C26H25N5O4S. The first-order valence-corrected chi connectivity index (χ1v) is 12.0. The Hall–Kier alpha value is -4.31. The van der Waals surface area contributed by atoms with E-state index in [0.717, 1.165) is 17.0 Å². The van der Waals surface area contributed by atoms with Crippen molar-refractivity contribution in [2.75, 3.05) is 20.0 Å². The van der Waals surface area contributed by atoms with Crippen LogP contribution in [0.3, 0.4) is 0 Å². The van der Waals surface area contributed by atoms with Crippen LogP contribution in [0.15, 0.2) is 83.1 Å². The number of thioether (sulfide) groups is 1. The van der Waals surface area contributed by atoms with Gasteiger partial charge >= 0.3 is 0 Å². The minimum atomic E-state index is -0.293.